The van der Waals surface area contributed by atoms with Crippen LogP contribution in [0.4, 0.5) is 0 Å². The van der Waals surface area contributed by atoms with Crippen molar-refractivity contribution in [3.05, 3.63) is 52.3 Å². The van der Waals surface area contributed by atoms with Crippen molar-refractivity contribution in [2.45, 2.75) is 26.2 Å². The largest absolute Gasteiger partial charge is 0.260 e. The van der Waals surface area contributed by atoms with Crippen LogP contribution in [0.1, 0.15) is 26.5 Å². The predicted octanol–water partition coefficient (Wildman–Crippen LogP) is 5.35. The lowest BCUT2D eigenvalue weighted by Crippen LogP contribution is -2.12. The molecule has 3 heteroatoms. The fraction of sp³-hybridized carbons (Fsp3) is 0.267. The van der Waals surface area contributed by atoms with Crippen molar-refractivity contribution in [2.75, 3.05) is 0 Å². The quantitative estimate of drug-likeness (QED) is 0.685. The first-order valence-corrected chi connectivity index (χ1v) is 6.55. The molecule has 0 fully saturated rings. The maximum Gasteiger partial charge on any atom is 0.0457 e. The summed E-state index contributed by atoms with van der Waals surface area (Å²) in [7, 11) is 0. The molecule has 18 heavy (non-hydrogen) atoms. The van der Waals surface area contributed by atoms with E-state index in [1.54, 1.807) is 6.07 Å². The van der Waals surface area contributed by atoms with Crippen LogP contribution in [0.2, 0.25) is 10.0 Å². The number of benzene rings is 1. The lowest BCUT2D eigenvalue weighted by atomic mass is 9.91. The lowest BCUT2D eigenvalue weighted by molar-refractivity contribution is 0.569. The van der Waals surface area contributed by atoms with Crippen LogP contribution in [-0.4, -0.2) is 4.98 Å². The minimum absolute atomic E-state index is 0.0600. The smallest absolute Gasteiger partial charge is 0.0457 e. The first kappa shape index (κ1) is 13.4. The first-order valence-electron chi connectivity index (χ1n) is 5.79. The number of hydrogen-bond acceptors (Lipinski definition) is 1. The summed E-state index contributed by atoms with van der Waals surface area (Å²) >= 11 is 12.0. The molecule has 0 aliphatic rings. The molecule has 0 aliphatic heterocycles. The molecule has 0 unspecified atom stereocenters. The highest BCUT2D eigenvalue weighted by Crippen LogP contribution is 2.28. The molecular formula is C15H15Cl2N. The van der Waals surface area contributed by atoms with Gasteiger partial charge < -0.3 is 0 Å². The molecular weight excluding hydrogens is 265 g/mol. The van der Waals surface area contributed by atoms with Gasteiger partial charge in [0.25, 0.3) is 0 Å². The van der Waals surface area contributed by atoms with Crippen LogP contribution in [-0.2, 0) is 5.41 Å². The molecule has 0 radical (unpaired) electrons. The van der Waals surface area contributed by atoms with Crippen molar-refractivity contribution in [1.82, 2.24) is 4.98 Å². The van der Waals surface area contributed by atoms with E-state index in [2.05, 4.69) is 31.8 Å². The van der Waals surface area contributed by atoms with Crippen LogP contribution < -0.4 is 0 Å². The van der Waals surface area contributed by atoms with Crippen LogP contribution >= 0.6 is 23.2 Å². The molecule has 0 saturated heterocycles. The van der Waals surface area contributed by atoms with Crippen LogP contribution in [0.15, 0.2) is 36.5 Å². The minimum Gasteiger partial charge on any atom is -0.260 e. The third-order valence-corrected chi connectivity index (χ3v) is 3.16. The van der Waals surface area contributed by atoms with E-state index in [-0.39, 0.29) is 5.41 Å². The zero-order valence-corrected chi connectivity index (χ0v) is 12.2. The zero-order valence-electron chi connectivity index (χ0n) is 10.7. The van der Waals surface area contributed by atoms with Gasteiger partial charge in [-0.2, -0.15) is 0 Å². The minimum atomic E-state index is 0.0600. The van der Waals surface area contributed by atoms with Crippen LogP contribution in [0.25, 0.3) is 11.1 Å². The summed E-state index contributed by atoms with van der Waals surface area (Å²) in [5, 5.41) is 1.27. The second-order valence-corrected chi connectivity index (χ2v) is 6.21. The molecule has 0 amide bonds. The predicted molar refractivity (Wildman–Crippen MR) is 78.4 cm³/mol. The lowest BCUT2D eigenvalue weighted by Gasteiger charge is -2.17. The van der Waals surface area contributed by atoms with E-state index < -0.39 is 0 Å². The monoisotopic (exact) mass is 279 g/mol. The fourth-order valence-corrected chi connectivity index (χ4v) is 2.25. The first-order chi connectivity index (χ1) is 8.36. The van der Waals surface area contributed by atoms with Crippen LogP contribution in [0, 0.1) is 0 Å². The maximum absolute atomic E-state index is 6.00. The summed E-state index contributed by atoms with van der Waals surface area (Å²) in [6, 6.07) is 9.60. The molecule has 0 bridgehead atoms. The topological polar surface area (TPSA) is 12.9 Å². The molecule has 0 N–H and O–H groups in total. The van der Waals surface area contributed by atoms with Crippen molar-refractivity contribution in [1.29, 1.82) is 0 Å². The highest BCUT2D eigenvalue weighted by Gasteiger charge is 2.14. The number of rotatable bonds is 1. The number of halogens is 2. The summed E-state index contributed by atoms with van der Waals surface area (Å²) in [5.41, 5.74) is 3.14. The number of hydrogen-bond donors (Lipinski definition) is 0. The fourth-order valence-electron chi connectivity index (χ4n) is 1.73. The van der Waals surface area contributed by atoms with Crippen molar-refractivity contribution in [3.63, 3.8) is 0 Å². The van der Waals surface area contributed by atoms with Gasteiger partial charge in [-0.15, -0.1) is 0 Å². The van der Waals surface area contributed by atoms with E-state index in [4.69, 9.17) is 23.2 Å². The molecule has 1 aromatic heterocycles. The van der Waals surface area contributed by atoms with Crippen molar-refractivity contribution in [2.24, 2.45) is 0 Å². The van der Waals surface area contributed by atoms with Gasteiger partial charge in [-0.25, -0.2) is 0 Å². The Morgan fingerprint density at radius 3 is 1.94 bits per heavy atom. The average molecular weight is 280 g/mol. The van der Waals surface area contributed by atoms with E-state index in [1.807, 2.05) is 24.4 Å². The third kappa shape index (κ3) is 3.04. The zero-order chi connectivity index (χ0) is 13.3. The van der Waals surface area contributed by atoms with Crippen molar-refractivity contribution in [3.8, 4) is 11.1 Å². The highest BCUT2D eigenvalue weighted by atomic mass is 35.5. The third-order valence-electron chi connectivity index (χ3n) is 2.73. The Balaban J connectivity index is 2.40. The van der Waals surface area contributed by atoms with Gasteiger partial charge in [-0.05, 0) is 29.8 Å². The molecule has 0 aliphatic carbocycles. The van der Waals surface area contributed by atoms with Gasteiger partial charge in [0.15, 0.2) is 0 Å². The van der Waals surface area contributed by atoms with E-state index in [0.717, 1.165) is 16.8 Å². The molecule has 94 valence electrons. The second kappa shape index (κ2) is 4.91. The van der Waals surface area contributed by atoms with E-state index >= 15 is 0 Å². The Kier molecular flexibility index (Phi) is 3.65. The number of aromatic nitrogens is 1. The molecule has 0 atom stereocenters. The van der Waals surface area contributed by atoms with Crippen molar-refractivity contribution < 1.29 is 0 Å². The highest BCUT2D eigenvalue weighted by molar-refractivity contribution is 6.35. The number of pyridine rings is 1. The molecule has 1 aromatic carbocycles. The summed E-state index contributed by atoms with van der Waals surface area (Å²) in [6.45, 7) is 6.43. The Bertz CT molecular complexity index is 533. The Morgan fingerprint density at radius 1 is 0.889 bits per heavy atom. The summed E-state index contributed by atoms with van der Waals surface area (Å²) in [6.07, 6.45) is 1.86. The average Bonchev–Trinajstić information content (AvgIpc) is 2.27. The van der Waals surface area contributed by atoms with Crippen LogP contribution in [0.3, 0.4) is 0 Å². The molecule has 0 saturated carbocycles. The SMILES string of the molecule is CC(C)(C)c1ccc(-c2cc(Cl)cc(Cl)c2)cn1. The molecule has 1 heterocycles. The summed E-state index contributed by atoms with van der Waals surface area (Å²) in [4.78, 5) is 4.50. The van der Waals surface area contributed by atoms with E-state index in [9.17, 15) is 0 Å². The van der Waals surface area contributed by atoms with Gasteiger partial charge in [-0.1, -0.05) is 50.0 Å². The Hall–Kier alpha value is -1.05. The maximum atomic E-state index is 6.00. The van der Waals surface area contributed by atoms with E-state index in [0.29, 0.717) is 10.0 Å². The molecule has 2 aromatic rings. The molecule has 1 nitrogen and oxygen atoms in total. The van der Waals surface area contributed by atoms with Gasteiger partial charge in [0.1, 0.15) is 0 Å². The van der Waals surface area contributed by atoms with Gasteiger partial charge in [0.05, 0.1) is 0 Å². The Labute approximate surface area is 118 Å². The van der Waals surface area contributed by atoms with Gasteiger partial charge in [-0.3, -0.25) is 4.98 Å². The summed E-state index contributed by atoms with van der Waals surface area (Å²) < 4.78 is 0. The summed E-state index contributed by atoms with van der Waals surface area (Å²) in [5.74, 6) is 0. The van der Waals surface area contributed by atoms with Crippen molar-refractivity contribution >= 4 is 23.2 Å². The van der Waals surface area contributed by atoms with E-state index in [1.165, 1.54) is 0 Å². The normalized spacial score (nSPS) is 11.6. The molecule has 2 rings (SSSR count). The van der Waals surface area contributed by atoms with Gasteiger partial charge in [0, 0.05) is 32.9 Å². The Morgan fingerprint density at radius 2 is 1.50 bits per heavy atom. The standard InChI is InChI=1S/C15H15Cl2N/c1-15(2,3)14-5-4-10(9-18-14)11-6-12(16)8-13(17)7-11/h4-9H,1-3H3. The number of nitrogens with zero attached hydrogens (tertiary/aromatic N) is 1. The van der Waals surface area contributed by atoms with Gasteiger partial charge in [0.2, 0.25) is 0 Å². The van der Waals surface area contributed by atoms with Crippen LogP contribution in [0.5, 0.6) is 0 Å². The van der Waals surface area contributed by atoms with Gasteiger partial charge >= 0.3 is 0 Å². The second-order valence-electron chi connectivity index (χ2n) is 5.34. The molecule has 0 spiro atoms.